The number of piperidine rings is 1. The molecule has 1 saturated heterocycles. The van der Waals surface area contributed by atoms with Crippen LogP contribution in [0.5, 0.6) is 0 Å². The highest BCUT2D eigenvalue weighted by atomic mass is 19.4. The number of ether oxygens (including phenoxy) is 1. The summed E-state index contributed by atoms with van der Waals surface area (Å²) in [6, 6.07) is 0.522. The number of alkyl halides is 3. The second kappa shape index (κ2) is 8.07. The minimum Gasteiger partial charge on any atom is -0.371 e. The molecule has 1 aliphatic rings. The van der Waals surface area contributed by atoms with Crippen molar-refractivity contribution in [3.05, 3.63) is 0 Å². The van der Waals surface area contributed by atoms with Crippen LogP contribution in [0.25, 0.3) is 0 Å². The van der Waals surface area contributed by atoms with Gasteiger partial charge in [0.2, 0.25) is 0 Å². The van der Waals surface area contributed by atoms with E-state index in [2.05, 4.69) is 28.8 Å². The molecule has 0 amide bonds. The Kier molecular flexibility index (Phi) is 7.10. The highest BCUT2D eigenvalue weighted by molar-refractivity contribution is 4.79. The van der Waals surface area contributed by atoms with Crippen molar-refractivity contribution in [1.82, 2.24) is 10.2 Å². The van der Waals surface area contributed by atoms with E-state index in [1.54, 1.807) is 0 Å². The second-order valence-electron chi connectivity index (χ2n) is 5.19. The predicted molar refractivity (Wildman–Crippen MR) is 69.2 cm³/mol. The van der Waals surface area contributed by atoms with E-state index in [0.29, 0.717) is 18.5 Å². The van der Waals surface area contributed by atoms with Gasteiger partial charge in [-0.2, -0.15) is 13.2 Å². The van der Waals surface area contributed by atoms with Gasteiger partial charge in [-0.3, -0.25) is 0 Å². The lowest BCUT2D eigenvalue weighted by Crippen LogP contribution is -2.42. The van der Waals surface area contributed by atoms with Gasteiger partial charge in [0.05, 0.1) is 6.61 Å². The maximum atomic E-state index is 11.9. The Bertz CT molecular complexity index is 241. The Morgan fingerprint density at radius 1 is 1.32 bits per heavy atom. The van der Waals surface area contributed by atoms with E-state index in [9.17, 15) is 13.2 Å². The maximum Gasteiger partial charge on any atom is 0.411 e. The van der Waals surface area contributed by atoms with Gasteiger partial charge in [-0.1, -0.05) is 6.92 Å². The highest BCUT2D eigenvalue weighted by Gasteiger charge is 2.27. The summed E-state index contributed by atoms with van der Waals surface area (Å²) in [6.45, 7) is 6.81. The highest BCUT2D eigenvalue weighted by Crippen LogP contribution is 2.20. The fraction of sp³-hybridized carbons (Fsp3) is 1.00. The lowest BCUT2D eigenvalue weighted by atomic mass is 9.90. The van der Waals surface area contributed by atoms with Crippen LogP contribution in [0.1, 0.15) is 26.7 Å². The van der Waals surface area contributed by atoms with E-state index in [4.69, 9.17) is 0 Å². The van der Waals surface area contributed by atoms with E-state index < -0.39 is 12.8 Å². The zero-order valence-electron chi connectivity index (χ0n) is 11.8. The third-order valence-corrected chi connectivity index (χ3v) is 3.68. The molecule has 1 heterocycles. The van der Waals surface area contributed by atoms with Crippen molar-refractivity contribution in [1.29, 1.82) is 0 Å². The molecule has 1 N–H and O–H groups in total. The molecule has 0 radical (unpaired) electrons. The number of rotatable bonds is 7. The Labute approximate surface area is 113 Å². The van der Waals surface area contributed by atoms with Gasteiger partial charge in [0.1, 0.15) is 6.61 Å². The van der Waals surface area contributed by atoms with Crippen LogP contribution in [0, 0.1) is 5.92 Å². The predicted octanol–water partition coefficient (Wildman–Crippen LogP) is 2.28. The van der Waals surface area contributed by atoms with Crippen LogP contribution < -0.4 is 5.32 Å². The summed E-state index contributed by atoms with van der Waals surface area (Å²) < 4.78 is 40.3. The van der Waals surface area contributed by atoms with E-state index in [1.165, 1.54) is 0 Å². The fourth-order valence-electron chi connectivity index (χ4n) is 2.55. The molecule has 1 aliphatic heterocycles. The molecule has 0 spiro atoms. The average molecular weight is 282 g/mol. The van der Waals surface area contributed by atoms with Crippen molar-refractivity contribution in [3.8, 4) is 0 Å². The number of nitrogens with zero attached hydrogens (tertiary/aromatic N) is 1. The van der Waals surface area contributed by atoms with Gasteiger partial charge in [0.25, 0.3) is 0 Å². The van der Waals surface area contributed by atoms with Gasteiger partial charge in [-0.15, -0.1) is 0 Å². The molecule has 1 atom stereocenters. The third-order valence-electron chi connectivity index (χ3n) is 3.68. The van der Waals surface area contributed by atoms with Crippen LogP contribution in [-0.4, -0.2) is 56.5 Å². The van der Waals surface area contributed by atoms with Crippen LogP contribution in [-0.2, 0) is 4.74 Å². The van der Waals surface area contributed by atoms with Crippen LogP contribution in [0.4, 0.5) is 13.2 Å². The summed E-state index contributed by atoms with van der Waals surface area (Å²) in [7, 11) is 0. The molecule has 114 valence electrons. The third kappa shape index (κ3) is 7.13. The van der Waals surface area contributed by atoms with Crippen molar-refractivity contribution < 1.29 is 17.9 Å². The number of nitrogens with one attached hydrogen (secondary N) is 1. The molecule has 0 bridgehead atoms. The minimum absolute atomic E-state index is 0.160. The Hall–Kier alpha value is -0.330. The molecule has 19 heavy (non-hydrogen) atoms. The molecule has 1 unspecified atom stereocenters. The summed E-state index contributed by atoms with van der Waals surface area (Å²) in [5.41, 5.74) is 0. The SMILES string of the molecule is CCNC(C)C1CCN(CCOCC(F)(F)F)CC1. The summed E-state index contributed by atoms with van der Waals surface area (Å²) in [4.78, 5) is 2.19. The van der Waals surface area contributed by atoms with Crippen molar-refractivity contribution in [2.24, 2.45) is 5.92 Å². The van der Waals surface area contributed by atoms with Gasteiger partial charge in [0, 0.05) is 12.6 Å². The average Bonchev–Trinajstić information content (AvgIpc) is 2.34. The zero-order valence-corrected chi connectivity index (χ0v) is 11.8. The normalized spacial score (nSPS) is 20.7. The minimum atomic E-state index is -4.21. The quantitative estimate of drug-likeness (QED) is 0.725. The Morgan fingerprint density at radius 3 is 2.47 bits per heavy atom. The maximum absolute atomic E-state index is 11.9. The monoisotopic (exact) mass is 282 g/mol. The topological polar surface area (TPSA) is 24.5 Å². The van der Waals surface area contributed by atoms with Crippen molar-refractivity contribution >= 4 is 0 Å². The lowest BCUT2D eigenvalue weighted by molar-refractivity contribution is -0.174. The molecule has 6 heteroatoms. The molecule has 0 aromatic carbocycles. The first-order chi connectivity index (χ1) is 8.92. The van der Waals surface area contributed by atoms with Gasteiger partial charge >= 0.3 is 6.18 Å². The number of halogens is 3. The number of hydrogen-bond donors (Lipinski definition) is 1. The van der Waals surface area contributed by atoms with Crippen molar-refractivity contribution in [3.63, 3.8) is 0 Å². The van der Waals surface area contributed by atoms with E-state index in [0.717, 1.165) is 32.5 Å². The Balaban J connectivity index is 2.10. The smallest absolute Gasteiger partial charge is 0.371 e. The summed E-state index contributed by atoms with van der Waals surface area (Å²) in [5, 5.41) is 3.43. The first-order valence-electron chi connectivity index (χ1n) is 7.02. The number of likely N-dealkylation sites (tertiary alicyclic amines) is 1. The first-order valence-corrected chi connectivity index (χ1v) is 7.02. The van der Waals surface area contributed by atoms with Crippen molar-refractivity contribution in [2.45, 2.75) is 38.9 Å². The fourth-order valence-corrected chi connectivity index (χ4v) is 2.55. The standard InChI is InChI=1S/C13H25F3N2O/c1-3-17-11(2)12-4-6-18(7-5-12)8-9-19-10-13(14,15)16/h11-12,17H,3-10H2,1-2H3. The first kappa shape index (κ1) is 16.7. The molecule has 0 aromatic rings. The van der Waals surface area contributed by atoms with E-state index >= 15 is 0 Å². The molecular formula is C13H25F3N2O. The molecule has 0 aliphatic carbocycles. The van der Waals surface area contributed by atoms with Gasteiger partial charge in [-0.25, -0.2) is 0 Å². The van der Waals surface area contributed by atoms with Crippen LogP contribution in [0.3, 0.4) is 0 Å². The van der Waals surface area contributed by atoms with E-state index in [-0.39, 0.29) is 6.61 Å². The zero-order chi connectivity index (χ0) is 14.3. The van der Waals surface area contributed by atoms with Crippen LogP contribution in [0.15, 0.2) is 0 Å². The molecule has 3 nitrogen and oxygen atoms in total. The molecular weight excluding hydrogens is 257 g/mol. The molecule has 1 rings (SSSR count). The summed E-state index contributed by atoms with van der Waals surface area (Å²) in [6.07, 6.45) is -2.00. The van der Waals surface area contributed by atoms with Crippen LogP contribution in [0.2, 0.25) is 0 Å². The van der Waals surface area contributed by atoms with Gasteiger partial charge in [-0.05, 0) is 45.3 Å². The van der Waals surface area contributed by atoms with Crippen molar-refractivity contribution in [2.75, 3.05) is 39.4 Å². The summed E-state index contributed by atoms with van der Waals surface area (Å²) in [5.74, 6) is 0.673. The molecule has 0 aromatic heterocycles. The van der Waals surface area contributed by atoms with Gasteiger partial charge < -0.3 is 15.0 Å². The molecule has 1 fully saturated rings. The summed E-state index contributed by atoms with van der Waals surface area (Å²) >= 11 is 0. The number of hydrogen-bond acceptors (Lipinski definition) is 3. The van der Waals surface area contributed by atoms with Crippen LogP contribution >= 0.6 is 0 Å². The lowest BCUT2D eigenvalue weighted by Gasteiger charge is -2.35. The van der Waals surface area contributed by atoms with Gasteiger partial charge in [0.15, 0.2) is 0 Å². The largest absolute Gasteiger partial charge is 0.411 e. The second-order valence-corrected chi connectivity index (χ2v) is 5.19. The molecule has 0 saturated carbocycles. The van der Waals surface area contributed by atoms with E-state index in [1.807, 2.05) is 0 Å². The Morgan fingerprint density at radius 2 is 1.95 bits per heavy atom.